The van der Waals surface area contributed by atoms with Crippen LogP contribution >= 0.6 is 11.3 Å². The predicted octanol–water partition coefficient (Wildman–Crippen LogP) is 5.04. The molecule has 30 heavy (non-hydrogen) atoms. The zero-order chi connectivity index (χ0) is 20.3. The van der Waals surface area contributed by atoms with Crippen molar-refractivity contribution >= 4 is 16.3 Å². The second-order valence-electron chi connectivity index (χ2n) is 7.07. The van der Waals surface area contributed by atoms with Crippen LogP contribution in [0.5, 0.6) is 5.75 Å². The van der Waals surface area contributed by atoms with Gasteiger partial charge in [0.25, 0.3) is 0 Å². The van der Waals surface area contributed by atoms with E-state index in [0.717, 1.165) is 33.5 Å². The smallest absolute Gasteiger partial charge is 0.234 e. The van der Waals surface area contributed by atoms with Crippen molar-refractivity contribution in [1.29, 1.82) is 0 Å². The van der Waals surface area contributed by atoms with Gasteiger partial charge >= 0.3 is 0 Å². The Balaban J connectivity index is 1.33. The van der Waals surface area contributed by atoms with Gasteiger partial charge in [-0.05, 0) is 34.4 Å². The average Bonchev–Trinajstić information content (AvgIpc) is 3.36. The Kier molecular flexibility index (Phi) is 4.99. The minimum Gasteiger partial charge on any atom is -0.497 e. The molecule has 0 radical (unpaired) electrons. The molecule has 0 spiro atoms. The quantitative estimate of drug-likeness (QED) is 0.392. The van der Waals surface area contributed by atoms with Gasteiger partial charge in [0.2, 0.25) is 4.96 Å². The number of ether oxygens (including phenoxy) is 1. The SMILES string of the molecule is COc1ccc(Cc2nnc3sc(Cc4ccc(-c5ccccc5)cc4)nn23)cc1. The molecule has 0 atom stereocenters. The van der Waals surface area contributed by atoms with Crippen molar-refractivity contribution in [1.82, 2.24) is 19.8 Å². The summed E-state index contributed by atoms with van der Waals surface area (Å²) in [7, 11) is 1.67. The molecular weight excluding hydrogens is 392 g/mol. The molecule has 0 aliphatic heterocycles. The maximum Gasteiger partial charge on any atom is 0.234 e. The van der Waals surface area contributed by atoms with Crippen LogP contribution in [0.2, 0.25) is 0 Å². The van der Waals surface area contributed by atoms with E-state index in [0.29, 0.717) is 6.42 Å². The van der Waals surface area contributed by atoms with Crippen molar-refractivity contribution < 1.29 is 4.74 Å². The molecule has 5 nitrogen and oxygen atoms in total. The third-order valence-corrected chi connectivity index (χ3v) is 5.93. The summed E-state index contributed by atoms with van der Waals surface area (Å²) in [6.45, 7) is 0. The highest BCUT2D eigenvalue weighted by Gasteiger charge is 2.13. The lowest BCUT2D eigenvalue weighted by Crippen LogP contribution is -1.99. The van der Waals surface area contributed by atoms with E-state index in [1.165, 1.54) is 16.7 Å². The zero-order valence-electron chi connectivity index (χ0n) is 16.5. The zero-order valence-corrected chi connectivity index (χ0v) is 17.3. The highest BCUT2D eigenvalue weighted by molar-refractivity contribution is 7.16. The fourth-order valence-corrected chi connectivity index (χ4v) is 4.31. The fraction of sp³-hybridized carbons (Fsp3) is 0.125. The summed E-state index contributed by atoms with van der Waals surface area (Å²) in [5, 5.41) is 14.4. The second-order valence-corrected chi connectivity index (χ2v) is 8.11. The van der Waals surface area contributed by atoms with Crippen molar-refractivity contribution in [2.45, 2.75) is 12.8 Å². The summed E-state index contributed by atoms with van der Waals surface area (Å²) in [6, 6.07) is 27.1. The molecule has 0 saturated heterocycles. The summed E-state index contributed by atoms with van der Waals surface area (Å²) in [5.41, 5.74) is 4.83. The van der Waals surface area contributed by atoms with Gasteiger partial charge < -0.3 is 4.74 Å². The van der Waals surface area contributed by atoms with Gasteiger partial charge in [-0.25, -0.2) is 0 Å². The molecule has 2 aromatic heterocycles. The molecule has 2 heterocycles. The number of rotatable bonds is 6. The number of fused-ring (bicyclic) bond motifs is 1. The fourth-order valence-electron chi connectivity index (χ4n) is 3.42. The number of benzene rings is 3. The Labute approximate surface area is 178 Å². The van der Waals surface area contributed by atoms with Gasteiger partial charge in [0.15, 0.2) is 5.82 Å². The van der Waals surface area contributed by atoms with E-state index in [-0.39, 0.29) is 0 Å². The number of methoxy groups -OCH3 is 1. The van der Waals surface area contributed by atoms with Crippen LogP contribution in [0.3, 0.4) is 0 Å². The van der Waals surface area contributed by atoms with Crippen LogP contribution in [-0.4, -0.2) is 26.9 Å². The first-order valence-electron chi connectivity index (χ1n) is 9.76. The van der Waals surface area contributed by atoms with Crippen LogP contribution in [0.4, 0.5) is 0 Å². The van der Waals surface area contributed by atoms with Crippen molar-refractivity contribution in [3.63, 3.8) is 0 Å². The molecular formula is C24H20N4OS. The van der Waals surface area contributed by atoms with Crippen LogP contribution in [0.1, 0.15) is 22.0 Å². The molecule has 0 saturated carbocycles. The van der Waals surface area contributed by atoms with Crippen molar-refractivity contribution in [3.8, 4) is 16.9 Å². The van der Waals surface area contributed by atoms with Gasteiger partial charge in [-0.3, -0.25) is 0 Å². The van der Waals surface area contributed by atoms with Crippen LogP contribution < -0.4 is 4.74 Å². The van der Waals surface area contributed by atoms with E-state index in [1.807, 2.05) is 34.8 Å². The number of hydrogen-bond donors (Lipinski definition) is 0. The van der Waals surface area contributed by atoms with E-state index in [4.69, 9.17) is 9.84 Å². The molecule has 148 valence electrons. The third-order valence-electron chi connectivity index (χ3n) is 5.03. The van der Waals surface area contributed by atoms with Gasteiger partial charge in [0.05, 0.1) is 7.11 Å². The lowest BCUT2D eigenvalue weighted by molar-refractivity contribution is 0.414. The van der Waals surface area contributed by atoms with Gasteiger partial charge in [0, 0.05) is 12.8 Å². The number of nitrogens with zero attached hydrogens (tertiary/aromatic N) is 4. The van der Waals surface area contributed by atoms with Crippen molar-refractivity contribution in [2.24, 2.45) is 0 Å². The largest absolute Gasteiger partial charge is 0.497 e. The first-order chi connectivity index (χ1) is 14.8. The van der Waals surface area contributed by atoms with E-state index in [2.05, 4.69) is 58.7 Å². The topological polar surface area (TPSA) is 52.3 Å². The Morgan fingerprint density at radius 1 is 0.767 bits per heavy atom. The second kappa shape index (κ2) is 8.08. The van der Waals surface area contributed by atoms with Gasteiger partial charge in [0.1, 0.15) is 10.8 Å². The lowest BCUT2D eigenvalue weighted by Gasteiger charge is -2.03. The van der Waals surface area contributed by atoms with Crippen LogP contribution in [0.15, 0.2) is 78.9 Å². The first kappa shape index (κ1) is 18.5. The Hall–Kier alpha value is -3.51. The average molecular weight is 413 g/mol. The van der Waals surface area contributed by atoms with E-state index < -0.39 is 0 Å². The molecule has 0 aliphatic rings. The molecule has 0 unspecified atom stereocenters. The standard InChI is InChI=1S/C24H20N4OS/c1-29-21-13-9-17(10-14-21)15-22-25-26-24-28(22)27-23(30-24)16-18-7-11-20(12-8-18)19-5-3-2-4-6-19/h2-14H,15-16H2,1H3. The molecule has 5 aromatic rings. The Bertz CT molecular complexity index is 1260. The maximum absolute atomic E-state index is 5.22. The van der Waals surface area contributed by atoms with Crippen LogP contribution in [0.25, 0.3) is 16.1 Å². The van der Waals surface area contributed by atoms with Crippen molar-refractivity contribution in [3.05, 3.63) is 101 Å². The van der Waals surface area contributed by atoms with Gasteiger partial charge in [-0.15, -0.1) is 10.2 Å². The summed E-state index contributed by atoms with van der Waals surface area (Å²) in [6.07, 6.45) is 1.46. The first-order valence-corrected chi connectivity index (χ1v) is 10.6. The van der Waals surface area contributed by atoms with Gasteiger partial charge in [-0.2, -0.15) is 9.61 Å². The molecule has 0 N–H and O–H groups in total. The van der Waals surface area contributed by atoms with Gasteiger partial charge in [-0.1, -0.05) is 78.1 Å². The molecule has 5 rings (SSSR count). The van der Waals surface area contributed by atoms with Crippen molar-refractivity contribution in [2.75, 3.05) is 7.11 Å². The Morgan fingerprint density at radius 3 is 2.17 bits per heavy atom. The van der Waals surface area contributed by atoms with Crippen LogP contribution in [0, 0.1) is 0 Å². The highest BCUT2D eigenvalue weighted by atomic mass is 32.1. The lowest BCUT2D eigenvalue weighted by atomic mass is 10.0. The van der Waals surface area contributed by atoms with E-state index in [9.17, 15) is 0 Å². The maximum atomic E-state index is 5.22. The van der Waals surface area contributed by atoms with Crippen LogP contribution in [-0.2, 0) is 12.8 Å². The monoisotopic (exact) mass is 412 g/mol. The summed E-state index contributed by atoms with van der Waals surface area (Å²) in [5.74, 6) is 1.69. The summed E-state index contributed by atoms with van der Waals surface area (Å²) < 4.78 is 7.09. The number of aromatic nitrogens is 4. The molecule has 3 aromatic carbocycles. The van der Waals surface area contributed by atoms with E-state index in [1.54, 1.807) is 18.4 Å². The molecule has 0 aliphatic carbocycles. The van der Waals surface area contributed by atoms with E-state index >= 15 is 0 Å². The number of hydrogen-bond acceptors (Lipinski definition) is 5. The normalized spacial score (nSPS) is 11.1. The molecule has 0 fully saturated rings. The molecule has 0 bridgehead atoms. The third kappa shape index (κ3) is 3.82. The minimum atomic E-state index is 0.681. The molecule has 0 amide bonds. The summed E-state index contributed by atoms with van der Waals surface area (Å²) in [4.78, 5) is 0.828. The minimum absolute atomic E-state index is 0.681. The highest BCUT2D eigenvalue weighted by Crippen LogP contribution is 2.23. The summed E-state index contributed by atoms with van der Waals surface area (Å²) >= 11 is 1.59. The molecule has 6 heteroatoms. The Morgan fingerprint density at radius 2 is 1.43 bits per heavy atom. The predicted molar refractivity (Wildman–Crippen MR) is 119 cm³/mol.